The summed E-state index contributed by atoms with van der Waals surface area (Å²) in [5.41, 5.74) is 7.06. The van der Waals surface area contributed by atoms with E-state index in [1.54, 1.807) is 24.2 Å². The van der Waals surface area contributed by atoms with Crippen LogP contribution in [-0.4, -0.2) is 118 Å². The van der Waals surface area contributed by atoms with E-state index in [1.807, 2.05) is 18.2 Å². The van der Waals surface area contributed by atoms with Crippen molar-refractivity contribution in [3.05, 3.63) is 93.1 Å². The number of benzene rings is 2. The number of carbonyl (C=O) groups excluding carboxylic acids is 2. The Hall–Kier alpha value is -3.56. The van der Waals surface area contributed by atoms with Crippen LogP contribution in [0.5, 0.6) is 0 Å². The van der Waals surface area contributed by atoms with Gasteiger partial charge in [-0.2, -0.15) is 13.5 Å². The highest BCUT2D eigenvalue weighted by molar-refractivity contribution is 7.92. The highest BCUT2D eigenvalue weighted by atomic mass is 35.5. The number of anilines is 2. The molecule has 2 aromatic carbocycles. The van der Waals surface area contributed by atoms with Crippen LogP contribution in [0, 0.1) is 6.92 Å². The number of carboxylic acids is 1. The maximum absolute atomic E-state index is 12.8. The fourth-order valence-electron chi connectivity index (χ4n) is 5.07. The standard InChI is InChI=1S/C14H20ClNO2.C11H10Cl2F2N4O3S.C8H11Cl2NO.C5H12NO4P/c1-4-11-7-6-8-12(5-2)14(11)16(10-18-3)13(17)9-15;1-5-16-19(11(20)18(5)10(14)15)9-4-8(17-23(2,21)22)6(12)3-7(9)13;1-3-5-11(6-4-2)8(12)7(9)10;1-11(9,10)3-2-4(6)5(7)8/h6-8H,4-5,9-10H2,1-3H3;3-4,10,17H,1-2H3;3-4,7H,1-2,5-6H2;4H,2-3,6H2,1H3,(H,7,8)(H,9,10). The summed E-state index contributed by atoms with van der Waals surface area (Å²) in [6.45, 7) is 11.6. The van der Waals surface area contributed by atoms with E-state index in [0.29, 0.717) is 17.8 Å². The molecule has 0 bridgehead atoms. The van der Waals surface area contributed by atoms with Crippen molar-refractivity contribution in [2.45, 2.75) is 57.5 Å². The molecule has 0 spiro atoms. The van der Waals surface area contributed by atoms with Crippen molar-refractivity contribution in [1.29, 1.82) is 0 Å². The normalized spacial score (nSPS) is 12.3. The van der Waals surface area contributed by atoms with Gasteiger partial charge >= 0.3 is 18.2 Å². The van der Waals surface area contributed by atoms with Crippen LogP contribution in [0.4, 0.5) is 20.2 Å². The predicted octanol–water partition coefficient (Wildman–Crippen LogP) is 7.08. The Morgan fingerprint density at radius 3 is 1.98 bits per heavy atom. The molecule has 1 heterocycles. The van der Waals surface area contributed by atoms with Gasteiger partial charge in [0.05, 0.1) is 33.4 Å². The molecule has 0 saturated heterocycles. The van der Waals surface area contributed by atoms with Gasteiger partial charge in [-0.3, -0.25) is 28.6 Å². The third-order valence-electron chi connectivity index (χ3n) is 8.01. The van der Waals surface area contributed by atoms with E-state index in [2.05, 4.69) is 36.8 Å². The average Bonchev–Trinajstić information content (AvgIpc) is 3.51. The van der Waals surface area contributed by atoms with Crippen LogP contribution in [0.1, 0.15) is 43.8 Å². The number of amides is 2. The summed E-state index contributed by atoms with van der Waals surface area (Å²) in [7, 11) is -5.17. The average molecular weight is 1050 g/mol. The number of carboxylic acid groups (broad SMARTS) is 1. The van der Waals surface area contributed by atoms with Gasteiger partial charge in [-0.1, -0.05) is 90.6 Å². The molecule has 0 aliphatic carbocycles. The van der Waals surface area contributed by atoms with Gasteiger partial charge in [-0.05, 0) is 49.4 Å². The molecular formula is C38H53Cl5F2N7O10PS. The molecule has 2 amide bonds. The Morgan fingerprint density at radius 2 is 1.61 bits per heavy atom. The molecular weight excluding hydrogens is 993 g/mol. The Labute approximate surface area is 396 Å². The summed E-state index contributed by atoms with van der Waals surface area (Å²) in [5, 5.41) is 11.9. The number of ether oxygens (including phenoxy) is 1. The number of rotatable bonds is 19. The largest absolute Gasteiger partial charge is 0.480 e. The second-order valence-corrected chi connectivity index (χ2v) is 19.7. The molecule has 3 aromatic rings. The van der Waals surface area contributed by atoms with Crippen LogP contribution < -0.4 is 21.0 Å². The number of nitrogens with one attached hydrogen (secondary N) is 1. The molecule has 5 N–H and O–H groups in total. The molecule has 2 atom stereocenters. The van der Waals surface area contributed by atoms with Crippen LogP contribution >= 0.6 is 65.4 Å². The maximum Gasteiger partial charge on any atom is 0.355 e. The van der Waals surface area contributed by atoms with Crippen molar-refractivity contribution in [2.24, 2.45) is 5.73 Å². The number of hydrogen-bond acceptors (Lipinski definition) is 10. The summed E-state index contributed by atoms with van der Waals surface area (Å²) in [6.07, 6.45) is 5.87. The quantitative estimate of drug-likeness (QED) is 0.0408. The van der Waals surface area contributed by atoms with Crippen molar-refractivity contribution >= 4 is 105 Å². The second-order valence-electron chi connectivity index (χ2n) is 13.2. The van der Waals surface area contributed by atoms with Crippen LogP contribution in [0.2, 0.25) is 10.0 Å². The number of para-hydroxylation sites is 1. The van der Waals surface area contributed by atoms with Gasteiger partial charge in [0.15, 0.2) is 12.2 Å². The van der Waals surface area contributed by atoms with E-state index in [1.165, 1.54) is 24.6 Å². The lowest BCUT2D eigenvalue weighted by Crippen LogP contribution is -2.35. The zero-order valence-corrected chi connectivity index (χ0v) is 41.3. The lowest BCUT2D eigenvalue weighted by molar-refractivity contribution is -0.138. The van der Waals surface area contributed by atoms with E-state index >= 15 is 0 Å². The van der Waals surface area contributed by atoms with Crippen molar-refractivity contribution in [3.63, 3.8) is 0 Å². The van der Waals surface area contributed by atoms with Crippen molar-refractivity contribution in [1.82, 2.24) is 19.2 Å². The predicted molar refractivity (Wildman–Crippen MR) is 251 cm³/mol. The summed E-state index contributed by atoms with van der Waals surface area (Å²) < 4.78 is 67.0. The van der Waals surface area contributed by atoms with Gasteiger partial charge in [-0.25, -0.2) is 17.8 Å². The van der Waals surface area contributed by atoms with Gasteiger partial charge < -0.3 is 25.4 Å². The lowest BCUT2D eigenvalue weighted by atomic mass is 10.0. The first-order chi connectivity index (χ1) is 29.7. The first-order valence-corrected chi connectivity index (χ1v) is 25.0. The highest BCUT2D eigenvalue weighted by Gasteiger charge is 2.23. The molecule has 64 heavy (non-hydrogen) atoms. The minimum atomic E-state index is -3.65. The highest BCUT2D eigenvalue weighted by Crippen LogP contribution is 2.36. The Kier molecular flexibility index (Phi) is 27.5. The van der Waals surface area contributed by atoms with Crippen LogP contribution in [0.3, 0.4) is 0 Å². The Morgan fingerprint density at radius 1 is 1.08 bits per heavy atom. The third-order valence-corrected chi connectivity index (χ3v) is 10.9. The number of aliphatic carboxylic acids is 1. The number of methoxy groups -OCH3 is 1. The smallest absolute Gasteiger partial charge is 0.355 e. The number of carbonyl (C=O) groups is 3. The van der Waals surface area contributed by atoms with E-state index in [0.717, 1.165) is 42.0 Å². The monoisotopic (exact) mass is 1040 g/mol. The molecule has 0 radical (unpaired) electrons. The topological polar surface area (TPSA) is 236 Å². The molecule has 17 nitrogen and oxygen atoms in total. The molecule has 3 rings (SSSR count). The zero-order valence-electron chi connectivity index (χ0n) is 35.8. The number of hydrogen-bond donors (Lipinski definition) is 4. The van der Waals surface area contributed by atoms with E-state index in [9.17, 15) is 40.9 Å². The molecule has 0 aliphatic heterocycles. The van der Waals surface area contributed by atoms with Crippen molar-refractivity contribution < 1.29 is 50.9 Å². The number of nitrogens with two attached hydrogens (primary N) is 1. The van der Waals surface area contributed by atoms with Crippen molar-refractivity contribution in [2.75, 3.05) is 61.5 Å². The van der Waals surface area contributed by atoms with E-state index in [-0.39, 0.29) is 68.8 Å². The lowest BCUT2D eigenvalue weighted by Gasteiger charge is -2.26. The first-order valence-electron chi connectivity index (χ1n) is 18.6. The van der Waals surface area contributed by atoms with E-state index < -0.39 is 46.5 Å². The number of aromatic nitrogens is 3. The number of halogens is 7. The fraction of sp³-hybridized carbons (Fsp3) is 0.447. The first kappa shape index (κ1) is 60.4. The van der Waals surface area contributed by atoms with Crippen molar-refractivity contribution in [3.8, 4) is 5.69 Å². The molecule has 0 fully saturated rings. The maximum atomic E-state index is 12.8. The molecule has 0 aliphatic rings. The number of alkyl halides is 5. The minimum absolute atomic E-state index is 0.0257. The Balaban J connectivity index is 0.000000867. The molecule has 26 heteroatoms. The SMILES string of the molecule is C=CCN(CC=C)C(=O)C(Cl)Cl.CCc1cccc(CC)c1N(COC)C(=O)CCl.CP(=O)(O)CCC(N)C(=O)O.Cc1nn(-c2cc(NS(C)(=O)=O)c(Cl)cc2Cl)c(=O)n1C(F)F. The van der Waals surface area contributed by atoms with Crippen LogP contribution in [0.25, 0.3) is 5.69 Å². The number of nitrogens with zero attached hydrogens (tertiary/aromatic N) is 5. The number of sulfonamides is 1. The zero-order chi connectivity index (χ0) is 49.7. The van der Waals surface area contributed by atoms with E-state index in [4.69, 9.17) is 78.5 Å². The Bertz CT molecular complexity index is 2230. The summed E-state index contributed by atoms with van der Waals surface area (Å²) >= 11 is 28.3. The minimum Gasteiger partial charge on any atom is -0.480 e. The van der Waals surface area contributed by atoms with Gasteiger partial charge in [0.25, 0.3) is 5.91 Å². The van der Waals surface area contributed by atoms with Crippen LogP contribution in [-0.2, 0) is 46.6 Å². The summed E-state index contributed by atoms with van der Waals surface area (Å²) in [6, 6.07) is 7.38. The van der Waals surface area contributed by atoms with Gasteiger partial charge in [0.2, 0.25) is 15.9 Å². The molecule has 2 unspecified atom stereocenters. The molecule has 1 aromatic heterocycles. The van der Waals surface area contributed by atoms with Gasteiger partial charge in [0.1, 0.15) is 24.5 Å². The molecule has 0 saturated carbocycles. The van der Waals surface area contributed by atoms with Crippen LogP contribution in [0.15, 0.2) is 60.4 Å². The summed E-state index contributed by atoms with van der Waals surface area (Å²) in [4.78, 5) is 56.1. The third kappa shape index (κ3) is 20.7. The number of aryl methyl sites for hydroxylation is 3. The van der Waals surface area contributed by atoms with Gasteiger partial charge in [0, 0.05) is 33.0 Å². The second kappa shape index (κ2) is 29.2. The summed E-state index contributed by atoms with van der Waals surface area (Å²) in [5.74, 6) is -1.86. The molecule has 360 valence electrons. The fourth-order valence-corrected chi connectivity index (χ4v) is 7.38. The van der Waals surface area contributed by atoms with Gasteiger partial charge in [-0.15, -0.1) is 29.9 Å².